The maximum absolute atomic E-state index is 8.98. The van der Waals surface area contributed by atoms with Gasteiger partial charge in [0, 0.05) is 37.5 Å². The third kappa shape index (κ3) is 5.31. The average molecular weight is 466 g/mol. The lowest BCUT2D eigenvalue weighted by Gasteiger charge is -2.26. The number of hydrogen-bond donors (Lipinski definition) is 2. The monoisotopic (exact) mass is 465 g/mol. The number of nitrogens with one attached hydrogen (secondary N) is 1. The van der Waals surface area contributed by atoms with E-state index in [1.807, 2.05) is 0 Å². The predicted molar refractivity (Wildman–Crippen MR) is 126 cm³/mol. The van der Waals surface area contributed by atoms with Gasteiger partial charge in [-0.3, -0.25) is 4.90 Å². The highest BCUT2D eigenvalue weighted by Crippen LogP contribution is 2.40. The van der Waals surface area contributed by atoms with Crippen molar-refractivity contribution in [1.29, 1.82) is 5.26 Å². The van der Waals surface area contributed by atoms with Crippen LogP contribution in [0.15, 0.2) is 36.4 Å². The van der Waals surface area contributed by atoms with E-state index in [4.69, 9.17) is 29.9 Å². The number of nitriles is 1. The minimum absolute atomic E-state index is 0.203. The van der Waals surface area contributed by atoms with Crippen LogP contribution in [0, 0.1) is 11.3 Å². The summed E-state index contributed by atoms with van der Waals surface area (Å²) in [6, 6.07) is 12.5. The molecular weight excluding hydrogens is 438 g/mol. The van der Waals surface area contributed by atoms with Crippen LogP contribution in [0.25, 0.3) is 5.69 Å². The van der Waals surface area contributed by atoms with Crippen LogP contribution >= 0.6 is 0 Å². The molecular formula is C23H27N7O4. The third-order valence-corrected chi connectivity index (χ3v) is 5.35. The van der Waals surface area contributed by atoms with Crippen LogP contribution in [0.1, 0.15) is 5.56 Å². The van der Waals surface area contributed by atoms with Crippen molar-refractivity contribution in [2.45, 2.75) is 0 Å². The van der Waals surface area contributed by atoms with E-state index in [1.165, 1.54) is 4.68 Å². The molecule has 11 heteroatoms. The second kappa shape index (κ2) is 10.7. The zero-order valence-corrected chi connectivity index (χ0v) is 19.2. The lowest BCUT2D eigenvalue weighted by molar-refractivity contribution is 0.0319. The third-order valence-electron chi connectivity index (χ3n) is 5.35. The largest absolute Gasteiger partial charge is 0.493 e. The summed E-state index contributed by atoms with van der Waals surface area (Å²) in [7, 11) is 3.15. The predicted octanol–water partition coefficient (Wildman–Crippen LogP) is 2.19. The van der Waals surface area contributed by atoms with Crippen LogP contribution in [0.5, 0.6) is 17.2 Å². The number of ether oxygens (including phenoxy) is 4. The maximum Gasteiger partial charge on any atom is 0.248 e. The number of anilines is 3. The molecule has 1 saturated heterocycles. The Balaban J connectivity index is 1.49. The fourth-order valence-corrected chi connectivity index (χ4v) is 3.57. The fraction of sp³-hybridized carbons (Fsp3) is 0.348. The number of nitrogen functional groups attached to an aromatic ring is 1. The Morgan fingerprint density at radius 3 is 2.41 bits per heavy atom. The molecule has 0 unspecified atom stereocenters. The number of nitrogens with zero attached hydrogens (tertiary/aromatic N) is 5. The van der Waals surface area contributed by atoms with Crippen molar-refractivity contribution in [3.05, 3.63) is 42.0 Å². The van der Waals surface area contributed by atoms with Crippen LogP contribution in [-0.4, -0.2) is 73.3 Å². The van der Waals surface area contributed by atoms with Crippen LogP contribution in [-0.2, 0) is 4.74 Å². The van der Waals surface area contributed by atoms with Gasteiger partial charge in [-0.15, -0.1) is 5.10 Å². The molecule has 1 fully saturated rings. The molecule has 0 atom stereocenters. The highest BCUT2D eigenvalue weighted by molar-refractivity contribution is 5.66. The molecule has 178 valence electrons. The lowest BCUT2D eigenvalue weighted by atomic mass is 10.2. The lowest BCUT2D eigenvalue weighted by Crippen LogP contribution is -2.38. The molecule has 34 heavy (non-hydrogen) atoms. The summed E-state index contributed by atoms with van der Waals surface area (Å²) in [6.07, 6.45) is 0. The van der Waals surface area contributed by atoms with Gasteiger partial charge < -0.3 is 30.0 Å². The van der Waals surface area contributed by atoms with Crippen molar-refractivity contribution in [2.24, 2.45) is 0 Å². The summed E-state index contributed by atoms with van der Waals surface area (Å²) in [4.78, 5) is 6.57. The first-order valence-corrected chi connectivity index (χ1v) is 10.8. The Morgan fingerprint density at radius 2 is 1.79 bits per heavy atom. The number of hydrogen-bond acceptors (Lipinski definition) is 10. The number of methoxy groups -OCH3 is 2. The molecule has 1 aliphatic heterocycles. The molecule has 11 nitrogen and oxygen atoms in total. The van der Waals surface area contributed by atoms with Crippen LogP contribution in [0.2, 0.25) is 0 Å². The zero-order chi connectivity index (χ0) is 23.9. The SMILES string of the molecule is COc1cc(Nc2nc(N)n(-c3ccc(C#N)cc3)n2)cc(OC)c1OCCN1CCOCC1. The highest BCUT2D eigenvalue weighted by atomic mass is 16.5. The molecule has 3 aromatic rings. The Labute approximate surface area is 197 Å². The molecule has 1 aromatic heterocycles. The van der Waals surface area contributed by atoms with Gasteiger partial charge in [0.1, 0.15) is 6.61 Å². The van der Waals surface area contributed by atoms with E-state index in [0.29, 0.717) is 46.7 Å². The first kappa shape index (κ1) is 23.2. The Bertz CT molecular complexity index is 1130. The molecule has 2 aromatic carbocycles. The maximum atomic E-state index is 8.98. The van der Waals surface area contributed by atoms with Crippen LogP contribution in [0.4, 0.5) is 17.6 Å². The normalized spacial score (nSPS) is 13.8. The van der Waals surface area contributed by atoms with E-state index in [0.717, 1.165) is 32.8 Å². The van der Waals surface area contributed by atoms with E-state index in [1.54, 1.807) is 50.6 Å². The fourth-order valence-electron chi connectivity index (χ4n) is 3.57. The van der Waals surface area contributed by atoms with Crippen LogP contribution in [0.3, 0.4) is 0 Å². The van der Waals surface area contributed by atoms with Crippen LogP contribution < -0.4 is 25.3 Å². The summed E-state index contributed by atoms with van der Waals surface area (Å²) in [5.74, 6) is 2.06. The van der Waals surface area contributed by atoms with Gasteiger partial charge in [-0.05, 0) is 24.3 Å². The van der Waals surface area contributed by atoms with Crippen molar-refractivity contribution in [1.82, 2.24) is 19.7 Å². The molecule has 0 saturated carbocycles. The molecule has 2 heterocycles. The molecule has 0 bridgehead atoms. The summed E-state index contributed by atoms with van der Waals surface area (Å²) < 4.78 is 24.0. The molecule has 0 amide bonds. The van der Waals surface area contributed by atoms with Gasteiger partial charge in [-0.25, -0.2) is 0 Å². The summed E-state index contributed by atoms with van der Waals surface area (Å²) >= 11 is 0. The first-order valence-electron chi connectivity index (χ1n) is 10.8. The van der Waals surface area contributed by atoms with E-state index in [-0.39, 0.29) is 5.95 Å². The smallest absolute Gasteiger partial charge is 0.248 e. The van der Waals surface area contributed by atoms with Gasteiger partial charge in [0.15, 0.2) is 11.5 Å². The van der Waals surface area contributed by atoms with Crippen molar-refractivity contribution in [3.8, 4) is 29.0 Å². The molecule has 3 N–H and O–H groups in total. The Hall–Kier alpha value is -4.01. The number of rotatable bonds is 9. The van der Waals surface area contributed by atoms with Crippen molar-refractivity contribution >= 4 is 17.6 Å². The Morgan fingerprint density at radius 1 is 1.12 bits per heavy atom. The second-order valence-corrected chi connectivity index (χ2v) is 7.50. The number of morpholine rings is 1. The average Bonchev–Trinajstić information content (AvgIpc) is 3.24. The molecule has 0 radical (unpaired) electrons. The van der Waals surface area contributed by atoms with E-state index >= 15 is 0 Å². The van der Waals surface area contributed by atoms with Gasteiger partial charge in [0.05, 0.1) is 44.8 Å². The first-order chi connectivity index (χ1) is 16.6. The minimum atomic E-state index is 0.203. The standard InChI is InChI=1S/C23H27N7O4/c1-31-19-13-17(14-20(32-2)21(19)34-12-9-29-7-10-33-11-8-29)26-23-27-22(25)30(28-23)18-5-3-16(15-24)4-6-18/h3-6,13-14H,7-12H2,1-2H3,(H3,25,26,27,28). The van der Waals surface area contributed by atoms with Gasteiger partial charge in [-0.2, -0.15) is 14.9 Å². The topological polar surface area (TPSA) is 133 Å². The van der Waals surface area contributed by atoms with Crippen molar-refractivity contribution in [3.63, 3.8) is 0 Å². The number of nitrogens with two attached hydrogens (primary N) is 1. The minimum Gasteiger partial charge on any atom is -0.493 e. The quantitative estimate of drug-likeness (QED) is 0.484. The summed E-state index contributed by atoms with van der Waals surface area (Å²) in [5.41, 5.74) is 7.94. The van der Waals surface area contributed by atoms with E-state index < -0.39 is 0 Å². The van der Waals surface area contributed by atoms with E-state index in [9.17, 15) is 0 Å². The summed E-state index contributed by atoms with van der Waals surface area (Å²) in [6.45, 7) is 4.55. The van der Waals surface area contributed by atoms with Gasteiger partial charge in [0.2, 0.25) is 17.6 Å². The molecule has 0 spiro atoms. The number of aromatic nitrogens is 3. The van der Waals surface area contributed by atoms with Gasteiger partial charge >= 0.3 is 0 Å². The Kier molecular flexibility index (Phi) is 7.31. The number of benzene rings is 2. The van der Waals surface area contributed by atoms with Gasteiger partial charge in [0.25, 0.3) is 0 Å². The molecule has 0 aliphatic carbocycles. The second-order valence-electron chi connectivity index (χ2n) is 7.50. The van der Waals surface area contributed by atoms with Gasteiger partial charge in [-0.1, -0.05) is 0 Å². The molecule has 4 rings (SSSR count). The summed E-state index contributed by atoms with van der Waals surface area (Å²) in [5, 5.41) is 16.5. The van der Waals surface area contributed by atoms with Crippen molar-refractivity contribution in [2.75, 3.05) is 64.7 Å². The van der Waals surface area contributed by atoms with Crippen molar-refractivity contribution < 1.29 is 18.9 Å². The van der Waals surface area contributed by atoms with E-state index in [2.05, 4.69) is 26.4 Å². The highest BCUT2D eigenvalue weighted by Gasteiger charge is 2.17. The molecule has 1 aliphatic rings. The zero-order valence-electron chi connectivity index (χ0n) is 19.2.